The van der Waals surface area contributed by atoms with Gasteiger partial charge < -0.3 is 10.5 Å². The molecule has 3 aromatic rings. The molecule has 1 atom stereocenters. The van der Waals surface area contributed by atoms with Gasteiger partial charge in [0.15, 0.2) is 11.6 Å². The van der Waals surface area contributed by atoms with Gasteiger partial charge in [0.25, 0.3) is 0 Å². The molecule has 2 N–H and O–H groups in total. The Kier molecular flexibility index (Phi) is 4.59. The highest BCUT2D eigenvalue weighted by Gasteiger charge is 2.24. The van der Waals surface area contributed by atoms with Crippen LogP contribution in [0.1, 0.15) is 29.3 Å². The maximum Gasteiger partial charge on any atom is 0.158 e. The molecule has 1 fully saturated rings. The molecule has 0 bridgehead atoms. The van der Waals surface area contributed by atoms with Crippen molar-refractivity contribution in [1.29, 1.82) is 0 Å². The molecule has 5 nitrogen and oxygen atoms in total. The molecule has 1 aliphatic rings. The number of nitrogens with zero attached hydrogens (tertiary/aromatic N) is 3. The van der Waals surface area contributed by atoms with E-state index in [4.69, 9.17) is 20.6 Å². The quantitative estimate of drug-likeness (QED) is 0.779. The second kappa shape index (κ2) is 7.17. The van der Waals surface area contributed by atoms with Gasteiger partial charge in [-0.15, -0.1) is 0 Å². The third kappa shape index (κ3) is 3.48. The number of rotatable bonds is 5. The van der Waals surface area contributed by atoms with Crippen LogP contribution in [0.15, 0.2) is 54.6 Å². The molecule has 1 saturated heterocycles. The molecule has 0 amide bonds. The standard InChI is InChI=1S/C20H22N4O/c21-12-15-6-8-17(9-7-15)20-22-19(18-10-11-25-14-18)23-24(20)13-16-4-2-1-3-5-16/h1-9,18H,10-14,21H2/t18-/m1/s1. The van der Waals surface area contributed by atoms with E-state index in [9.17, 15) is 0 Å². The van der Waals surface area contributed by atoms with Crippen LogP contribution in [-0.4, -0.2) is 28.0 Å². The Morgan fingerprint density at radius 2 is 1.84 bits per heavy atom. The summed E-state index contributed by atoms with van der Waals surface area (Å²) in [6.45, 7) is 2.75. The van der Waals surface area contributed by atoms with Crippen molar-refractivity contribution in [3.8, 4) is 11.4 Å². The molecule has 0 saturated carbocycles. The van der Waals surface area contributed by atoms with Gasteiger partial charge >= 0.3 is 0 Å². The van der Waals surface area contributed by atoms with Crippen LogP contribution in [0.2, 0.25) is 0 Å². The second-order valence-electron chi connectivity index (χ2n) is 6.40. The highest BCUT2D eigenvalue weighted by Crippen LogP contribution is 2.26. The maximum atomic E-state index is 5.71. The van der Waals surface area contributed by atoms with E-state index >= 15 is 0 Å². The van der Waals surface area contributed by atoms with Crippen molar-refractivity contribution in [2.24, 2.45) is 5.73 Å². The van der Waals surface area contributed by atoms with E-state index < -0.39 is 0 Å². The minimum atomic E-state index is 0.291. The lowest BCUT2D eigenvalue weighted by Crippen LogP contribution is -2.06. The number of aromatic nitrogens is 3. The third-order valence-corrected chi connectivity index (χ3v) is 4.61. The van der Waals surface area contributed by atoms with Crippen LogP contribution in [-0.2, 0) is 17.8 Å². The van der Waals surface area contributed by atoms with Crippen LogP contribution >= 0.6 is 0 Å². The minimum absolute atomic E-state index is 0.291. The average molecular weight is 334 g/mol. The molecule has 0 spiro atoms. The minimum Gasteiger partial charge on any atom is -0.381 e. The molecule has 1 aliphatic heterocycles. The molecule has 4 rings (SSSR count). The zero-order valence-corrected chi connectivity index (χ0v) is 14.1. The summed E-state index contributed by atoms with van der Waals surface area (Å²) in [6.07, 6.45) is 0.987. The monoisotopic (exact) mass is 334 g/mol. The fourth-order valence-corrected chi connectivity index (χ4v) is 3.14. The Morgan fingerprint density at radius 1 is 1.04 bits per heavy atom. The van der Waals surface area contributed by atoms with Crippen molar-refractivity contribution in [2.75, 3.05) is 13.2 Å². The molecule has 2 heterocycles. The zero-order chi connectivity index (χ0) is 17.1. The molecule has 2 aromatic carbocycles. The predicted molar refractivity (Wildman–Crippen MR) is 97.1 cm³/mol. The van der Waals surface area contributed by atoms with Crippen molar-refractivity contribution in [3.05, 3.63) is 71.5 Å². The van der Waals surface area contributed by atoms with Crippen LogP contribution in [0.5, 0.6) is 0 Å². The summed E-state index contributed by atoms with van der Waals surface area (Å²) in [6, 6.07) is 18.6. The van der Waals surface area contributed by atoms with Gasteiger partial charge in [-0.05, 0) is 17.5 Å². The van der Waals surface area contributed by atoms with Gasteiger partial charge in [-0.1, -0.05) is 54.6 Å². The number of ether oxygens (including phenoxy) is 1. The molecular formula is C20H22N4O. The third-order valence-electron chi connectivity index (χ3n) is 4.61. The summed E-state index contributed by atoms with van der Waals surface area (Å²) < 4.78 is 7.51. The van der Waals surface area contributed by atoms with Crippen molar-refractivity contribution in [3.63, 3.8) is 0 Å². The Balaban J connectivity index is 1.71. The van der Waals surface area contributed by atoms with Crippen molar-refractivity contribution >= 4 is 0 Å². The number of nitrogens with two attached hydrogens (primary N) is 1. The van der Waals surface area contributed by atoms with Crippen molar-refractivity contribution in [2.45, 2.75) is 25.4 Å². The lowest BCUT2D eigenvalue weighted by molar-refractivity contribution is 0.193. The SMILES string of the molecule is NCc1ccc(-c2nc([C@@H]3CCOC3)nn2Cc2ccccc2)cc1. The van der Waals surface area contributed by atoms with E-state index in [1.807, 2.05) is 22.9 Å². The molecular weight excluding hydrogens is 312 g/mol. The highest BCUT2D eigenvalue weighted by atomic mass is 16.5. The summed E-state index contributed by atoms with van der Waals surface area (Å²) in [5.41, 5.74) is 9.09. The molecule has 0 radical (unpaired) electrons. The normalized spacial score (nSPS) is 17.1. The second-order valence-corrected chi connectivity index (χ2v) is 6.40. The van der Waals surface area contributed by atoms with E-state index in [2.05, 4.69) is 36.4 Å². The van der Waals surface area contributed by atoms with Crippen LogP contribution in [0.4, 0.5) is 0 Å². The Labute approximate surface area is 147 Å². The Morgan fingerprint density at radius 3 is 2.52 bits per heavy atom. The molecule has 0 unspecified atom stereocenters. The molecule has 5 heteroatoms. The van der Waals surface area contributed by atoms with E-state index in [0.717, 1.165) is 35.8 Å². The first-order valence-corrected chi connectivity index (χ1v) is 8.69. The lowest BCUT2D eigenvalue weighted by Gasteiger charge is -2.07. The Hall–Kier alpha value is -2.50. The maximum absolute atomic E-state index is 5.71. The van der Waals surface area contributed by atoms with Crippen molar-refractivity contribution < 1.29 is 4.74 Å². The van der Waals surface area contributed by atoms with Crippen LogP contribution in [0.25, 0.3) is 11.4 Å². The average Bonchev–Trinajstić information content (AvgIpc) is 3.32. The largest absolute Gasteiger partial charge is 0.381 e. The fourth-order valence-electron chi connectivity index (χ4n) is 3.14. The van der Waals surface area contributed by atoms with Crippen LogP contribution < -0.4 is 5.73 Å². The molecule has 128 valence electrons. The summed E-state index contributed by atoms with van der Waals surface area (Å²) in [5.74, 6) is 2.07. The number of benzene rings is 2. The van der Waals surface area contributed by atoms with Gasteiger partial charge in [0, 0.05) is 24.6 Å². The molecule has 0 aliphatic carbocycles. The zero-order valence-electron chi connectivity index (χ0n) is 14.1. The first-order valence-electron chi connectivity index (χ1n) is 8.69. The highest BCUT2D eigenvalue weighted by molar-refractivity contribution is 5.56. The lowest BCUT2D eigenvalue weighted by atomic mass is 10.1. The smallest absolute Gasteiger partial charge is 0.158 e. The predicted octanol–water partition coefficient (Wildman–Crippen LogP) is 2.96. The van der Waals surface area contributed by atoms with E-state index in [-0.39, 0.29) is 0 Å². The first kappa shape index (κ1) is 16.0. The van der Waals surface area contributed by atoms with E-state index in [1.54, 1.807) is 0 Å². The molecule has 1 aromatic heterocycles. The van der Waals surface area contributed by atoms with Crippen molar-refractivity contribution in [1.82, 2.24) is 14.8 Å². The number of hydrogen-bond acceptors (Lipinski definition) is 4. The van der Waals surface area contributed by atoms with E-state index in [1.165, 1.54) is 5.56 Å². The van der Waals surface area contributed by atoms with Gasteiger partial charge in [-0.2, -0.15) is 5.10 Å². The first-order chi connectivity index (χ1) is 12.3. The van der Waals surface area contributed by atoms with Gasteiger partial charge in [-0.25, -0.2) is 9.67 Å². The van der Waals surface area contributed by atoms with Gasteiger partial charge in [0.2, 0.25) is 0 Å². The molecule has 25 heavy (non-hydrogen) atoms. The van der Waals surface area contributed by atoms with Crippen LogP contribution in [0, 0.1) is 0 Å². The van der Waals surface area contributed by atoms with E-state index in [0.29, 0.717) is 25.6 Å². The number of hydrogen-bond donors (Lipinski definition) is 1. The topological polar surface area (TPSA) is 66.0 Å². The van der Waals surface area contributed by atoms with Gasteiger partial charge in [-0.3, -0.25) is 0 Å². The summed E-state index contributed by atoms with van der Waals surface area (Å²) in [7, 11) is 0. The van der Waals surface area contributed by atoms with Gasteiger partial charge in [0.05, 0.1) is 13.2 Å². The van der Waals surface area contributed by atoms with Crippen LogP contribution in [0.3, 0.4) is 0 Å². The summed E-state index contributed by atoms with van der Waals surface area (Å²) in [4.78, 5) is 4.85. The fraction of sp³-hybridized carbons (Fsp3) is 0.300. The summed E-state index contributed by atoms with van der Waals surface area (Å²) >= 11 is 0. The Bertz CT molecular complexity index is 821. The van der Waals surface area contributed by atoms with Gasteiger partial charge in [0.1, 0.15) is 0 Å². The summed E-state index contributed by atoms with van der Waals surface area (Å²) in [5, 5.41) is 4.81.